The number of piperazine rings is 1. The Kier molecular flexibility index (Phi) is 4.55. The normalized spacial score (nSPS) is 19.1. The van der Waals surface area contributed by atoms with E-state index < -0.39 is 9.84 Å². The Hall–Kier alpha value is -1.89. The number of carbonyl (C=O) groups is 2. The van der Waals surface area contributed by atoms with E-state index in [1.165, 1.54) is 31.2 Å². The van der Waals surface area contributed by atoms with Gasteiger partial charge in [-0.05, 0) is 31.2 Å². The third-order valence-electron chi connectivity index (χ3n) is 3.86. The lowest BCUT2D eigenvalue weighted by Gasteiger charge is -2.39. The standard InChI is InChI=1S/C15H20N2O4S/c1-11-10-16(12(2)18)8-9-17(11)15(19)13-4-6-14(7-5-13)22(3,20)21/h4-7,11H,8-10H2,1-3H3/t11-/m1/s1. The van der Waals surface area contributed by atoms with Gasteiger partial charge in [-0.1, -0.05) is 0 Å². The molecule has 1 aromatic rings. The van der Waals surface area contributed by atoms with E-state index in [4.69, 9.17) is 0 Å². The van der Waals surface area contributed by atoms with Gasteiger partial charge in [-0.25, -0.2) is 8.42 Å². The average Bonchev–Trinajstić information content (AvgIpc) is 2.45. The summed E-state index contributed by atoms with van der Waals surface area (Å²) in [7, 11) is -3.27. The van der Waals surface area contributed by atoms with Crippen molar-refractivity contribution in [2.24, 2.45) is 0 Å². The molecule has 2 rings (SSSR count). The summed E-state index contributed by atoms with van der Waals surface area (Å²) in [6.45, 7) is 4.94. The number of benzene rings is 1. The zero-order valence-electron chi connectivity index (χ0n) is 12.9. The molecule has 1 aliphatic rings. The van der Waals surface area contributed by atoms with Gasteiger partial charge in [-0.15, -0.1) is 0 Å². The second kappa shape index (κ2) is 6.08. The largest absolute Gasteiger partial charge is 0.339 e. The highest BCUT2D eigenvalue weighted by Gasteiger charge is 2.29. The minimum Gasteiger partial charge on any atom is -0.339 e. The van der Waals surface area contributed by atoms with Crippen molar-refractivity contribution in [3.05, 3.63) is 29.8 Å². The SMILES string of the molecule is CC(=O)N1CCN(C(=O)c2ccc(S(C)(=O)=O)cc2)[C@H](C)C1. The Bertz CT molecular complexity index is 682. The fraction of sp³-hybridized carbons (Fsp3) is 0.467. The van der Waals surface area contributed by atoms with Gasteiger partial charge in [0.1, 0.15) is 0 Å². The number of amides is 2. The van der Waals surface area contributed by atoms with Crippen LogP contribution in [0.5, 0.6) is 0 Å². The third-order valence-corrected chi connectivity index (χ3v) is 4.99. The lowest BCUT2D eigenvalue weighted by molar-refractivity contribution is -0.131. The summed E-state index contributed by atoms with van der Waals surface area (Å²) in [6.07, 6.45) is 1.13. The fourth-order valence-corrected chi connectivity index (χ4v) is 3.19. The van der Waals surface area contributed by atoms with Gasteiger partial charge in [-0.2, -0.15) is 0 Å². The fourth-order valence-electron chi connectivity index (χ4n) is 2.56. The van der Waals surface area contributed by atoms with Crippen LogP contribution in [0, 0.1) is 0 Å². The van der Waals surface area contributed by atoms with Crippen molar-refractivity contribution in [2.45, 2.75) is 24.8 Å². The van der Waals surface area contributed by atoms with E-state index >= 15 is 0 Å². The maximum absolute atomic E-state index is 12.5. The van der Waals surface area contributed by atoms with Crippen LogP contribution in [-0.4, -0.2) is 62.0 Å². The van der Waals surface area contributed by atoms with Crippen LogP contribution >= 0.6 is 0 Å². The van der Waals surface area contributed by atoms with E-state index in [0.717, 1.165) is 6.26 Å². The molecule has 0 unspecified atom stereocenters. The molecule has 120 valence electrons. The Morgan fingerprint density at radius 1 is 1.14 bits per heavy atom. The Labute approximate surface area is 130 Å². The van der Waals surface area contributed by atoms with Crippen LogP contribution in [-0.2, 0) is 14.6 Å². The lowest BCUT2D eigenvalue weighted by atomic mass is 10.1. The summed E-state index contributed by atoms with van der Waals surface area (Å²) in [5.41, 5.74) is 0.454. The molecule has 1 atom stereocenters. The van der Waals surface area contributed by atoms with Gasteiger partial charge in [0, 0.05) is 44.4 Å². The smallest absolute Gasteiger partial charge is 0.254 e. The highest BCUT2D eigenvalue weighted by Crippen LogP contribution is 2.16. The van der Waals surface area contributed by atoms with E-state index in [2.05, 4.69) is 0 Å². The molecule has 22 heavy (non-hydrogen) atoms. The predicted octanol–water partition coefficient (Wildman–Crippen LogP) is 0.783. The van der Waals surface area contributed by atoms with Crippen LogP contribution in [0.15, 0.2) is 29.2 Å². The number of sulfone groups is 1. The molecule has 0 aromatic heterocycles. The first-order valence-electron chi connectivity index (χ1n) is 7.07. The molecule has 1 heterocycles. The quantitative estimate of drug-likeness (QED) is 0.806. The summed E-state index contributed by atoms with van der Waals surface area (Å²) in [5, 5.41) is 0. The number of carbonyl (C=O) groups excluding carboxylic acids is 2. The molecule has 1 aliphatic heterocycles. The van der Waals surface area contributed by atoms with Gasteiger partial charge in [0.25, 0.3) is 5.91 Å². The van der Waals surface area contributed by atoms with Crippen LogP contribution in [0.2, 0.25) is 0 Å². The van der Waals surface area contributed by atoms with E-state index in [9.17, 15) is 18.0 Å². The summed E-state index contributed by atoms with van der Waals surface area (Å²) >= 11 is 0. The van der Waals surface area contributed by atoms with Crippen molar-refractivity contribution in [3.8, 4) is 0 Å². The van der Waals surface area contributed by atoms with Crippen molar-refractivity contribution in [1.29, 1.82) is 0 Å². The first-order valence-corrected chi connectivity index (χ1v) is 8.96. The van der Waals surface area contributed by atoms with E-state index in [-0.39, 0.29) is 22.8 Å². The molecular formula is C15H20N2O4S. The van der Waals surface area contributed by atoms with Crippen molar-refractivity contribution in [2.75, 3.05) is 25.9 Å². The van der Waals surface area contributed by atoms with Crippen molar-refractivity contribution >= 4 is 21.7 Å². The van der Waals surface area contributed by atoms with E-state index in [1.54, 1.807) is 9.80 Å². The topological polar surface area (TPSA) is 74.8 Å². The highest BCUT2D eigenvalue weighted by molar-refractivity contribution is 7.90. The van der Waals surface area contributed by atoms with Crippen molar-refractivity contribution in [3.63, 3.8) is 0 Å². The molecule has 0 saturated carbocycles. The van der Waals surface area contributed by atoms with Crippen LogP contribution in [0.25, 0.3) is 0 Å². The van der Waals surface area contributed by atoms with Gasteiger partial charge < -0.3 is 9.80 Å². The van der Waals surface area contributed by atoms with Gasteiger partial charge in [0.05, 0.1) is 4.90 Å². The zero-order valence-corrected chi connectivity index (χ0v) is 13.8. The Morgan fingerprint density at radius 2 is 1.73 bits per heavy atom. The van der Waals surface area contributed by atoms with E-state index in [0.29, 0.717) is 25.2 Å². The maximum atomic E-state index is 12.5. The van der Waals surface area contributed by atoms with Crippen LogP contribution in [0.1, 0.15) is 24.2 Å². The van der Waals surface area contributed by atoms with Gasteiger partial charge >= 0.3 is 0 Å². The number of nitrogens with zero attached hydrogens (tertiary/aromatic N) is 2. The molecule has 6 nitrogen and oxygen atoms in total. The van der Waals surface area contributed by atoms with Crippen molar-refractivity contribution < 1.29 is 18.0 Å². The highest BCUT2D eigenvalue weighted by atomic mass is 32.2. The number of hydrogen-bond acceptors (Lipinski definition) is 4. The van der Waals surface area contributed by atoms with Crippen LogP contribution < -0.4 is 0 Å². The van der Waals surface area contributed by atoms with Gasteiger partial charge in [-0.3, -0.25) is 9.59 Å². The van der Waals surface area contributed by atoms with Gasteiger partial charge in [0.15, 0.2) is 9.84 Å². The Balaban J connectivity index is 2.14. The lowest BCUT2D eigenvalue weighted by Crippen LogP contribution is -2.55. The van der Waals surface area contributed by atoms with Crippen LogP contribution in [0.4, 0.5) is 0 Å². The molecule has 1 aromatic carbocycles. The summed E-state index contributed by atoms with van der Waals surface area (Å²) in [4.78, 5) is 27.5. The molecular weight excluding hydrogens is 304 g/mol. The summed E-state index contributed by atoms with van der Waals surface area (Å²) in [5.74, 6) is -0.132. The zero-order chi connectivity index (χ0) is 16.5. The average molecular weight is 324 g/mol. The molecule has 7 heteroatoms. The van der Waals surface area contributed by atoms with Crippen molar-refractivity contribution in [1.82, 2.24) is 9.80 Å². The molecule has 0 radical (unpaired) electrons. The first-order chi connectivity index (χ1) is 10.2. The minimum absolute atomic E-state index is 0.0106. The molecule has 0 N–H and O–H groups in total. The molecule has 1 saturated heterocycles. The Morgan fingerprint density at radius 3 is 2.18 bits per heavy atom. The third kappa shape index (κ3) is 3.47. The second-order valence-electron chi connectivity index (χ2n) is 5.61. The van der Waals surface area contributed by atoms with Gasteiger partial charge in [0.2, 0.25) is 5.91 Å². The second-order valence-corrected chi connectivity index (χ2v) is 7.62. The molecule has 0 spiro atoms. The number of rotatable bonds is 2. The molecule has 1 fully saturated rings. The summed E-state index contributed by atoms with van der Waals surface area (Å²) < 4.78 is 22.9. The number of hydrogen-bond donors (Lipinski definition) is 0. The summed E-state index contributed by atoms with van der Waals surface area (Å²) in [6, 6.07) is 5.88. The minimum atomic E-state index is -3.27. The predicted molar refractivity (Wildman–Crippen MR) is 82.3 cm³/mol. The molecule has 0 aliphatic carbocycles. The van der Waals surface area contributed by atoms with Crippen LogP contribution in [0.3, 0.4) is 0 Å². The monoisotopic (exact) mass is 324 g/mol. The van der Waals surface area contributed by atoms with E-state index in [1.807, 2.05) is 6.92 Å². The molecule has 0 bridgehead atoms. The maximum Gasteiger partial charge on any atom is 0.254 e. The first kappa shape index (κ1) is 16.5. The molecule has 2 amide bonds.